The van der Waals surface area contributed by atoms with E-state index >= 15 is 0 Å². The number of nitrogens with one attached hydrogen (secondary N) is 1. The van der Waals surface area contributed by atoms with Gasteiger partial charge >= 0.3 is 0 Å². The van der Waals surface area contributed by atoms with Crippen molar-refractivity contribution < 1.29 is 0 Å². The third-order valence-corrected chi connectivity index (χ3v) is 3.93. The molecule has 1 N–H and O–H groups in total. The van der Waals surface area contributed by atoms with Crippen LogP contribution in [0.3, 0.4) is 0 Å². The van der Waals surface area contributed by atoms with Crippen LogP contribution < -0.4 is 5.32 Å². The minimum Gasteiger partial charge on any atom is -0.362 e. The molecule has 0 spiro atoms. The number of hydrogen-bond acceptors (Lipinski definition) is 4. The number of anilines is 1. The fourth-order valence-electron chi connectivity index (χ4n) is 1.99. The van der Waals surface area contributed by atoms with Gasteiger partial charge in [0, 0.05) is 24.2 Å². The topological polar surface area (TPSA) is 42.7 Å². The maximum absolute atomic E-state index is 4.63. The zero-order valence-electron chi connectivity index (χ0n) is 9.23. The Balaban J connectivity index is 1.66. The Morgan fingerprint density at radius 2 is 2.44 bits per heavy atom. The maximum atomic E-state index is 4.63. The summed E-state index contributed by atoms with van der Waals surface area (Å²) in [5, 5.41) is 8.73. The molecule has 0 saturated carbocycles. The lowest BCUT2D eigenvalue weighted by molar-refractivity contribution is 0.768. The molecule has 2 heterocycles. The molecule has 0 aliphatic heterocycles. The molecule has 2 aromatic rings. The lowest BCUT2D eigenvalue weighted by atomic mass is 10.4. The molecule has 0 unspecified atom stereocenters. The zero-order chi connectivity index (χ0) is 11.0. The van der Waals surface area contributed by atoms with Gasteiger partial charge in [-0.3, -0.25) is 4.68 Å². The fraction of sp³-hybridized carbons (Fsp3) is 0.455. The Morgan fingerprint density at radius 3 is 3.19 bits per heavy atom. The Hall–Kier alpha value is -1.36. The summed E-state index contributed by atoms with van der Waals surface area (Å²) in [5.74, 6) is 0.915. The quantitative estimate of drug-likeness (QED) is 0.883. The van der Waals surface area contributed by atoms with E-state index in [4.69, 9.17) is 0 Å². The molecule has 0 aromatic carbocycles. The molecule has 1 aliphatic rings. The van der Waals surface area contributed by atoms with Crippen LogP contribution >= 0.6 is 11.3 Å². The molecule has 0 amide bonds. The first-order valence-electron chi connectivity index (χ1n) is 5.52. The SMILES string of the molecule is Cn1ccc(NCc2nc3c(s2)CCC3)n1. The van der Waals surface area contributed by atoms with Crippen molar-refractivity contribution in [3.8, 4) is 0 Å². The van der Waals surface area contributed by atoms with E-state index in [-0.39, 0.29) is 0 Å². The molecule has 84 valence electrons. The lowest BCUT2D eigenvalue weighted by Gasteiger charge is -1.98. The summed E-state index contributed by atoms with van der Waals surface area (Å²) >= 11 is 1.84. The summed E-state index contributed by atoms with van der Waals surface area (Å²) < 4.78 is 1.80. The number of thiazole rings is 1. The van der Waals surface area contributed by atoms with Crippen molar-refractivity contribution in [1.29, 1.82) is 0 Å². The second-order valence-electron chi connectivity index (χ2n) is 4.06. The second kappa shape index (κ2) is 3.90. The molecule has 0 atom stereocenters. The van der Waals surface area contributed by atoms with Crippen LogP contribution in [0, 0.1) is 0 Å². The van der Waals surface area contributed by atoms with Crippen molar-refractivity contribution >= 4 is 17.2 Å². The highest BCUT2D eigenvalue weighted by Crippen LogP contribution is 2.27. The van der Waals surface area contributed by atoms with Crippen molar-refractivity contribution in [2.45, 2.75) is 25.8 Å². The third-order valence-electron chi connectivity index (χ3n) is 2.77. The number of nitrogens with zero attached hydrogens (tertiary/aromatic N) is 3. The first-order valence-corrected chi connectivity index (χ1v) is 6.34. The van der Waals surface area contributed by atoms with Gasteiger partial charge in [0.15, 0.2) is 0 Å². The van der Waals surface area contributed by atoms with E-state index in [2.05, 4.69) is 15.4 Å². The molecule has 0 saturated heterocycles. The van der Waals surface area contributed by atoms with E-state index in [0.717, 1.165) is 18.8 Å². The molecule has 0 radical (unpaired) electrons. The van der Waals surface area contributed by atoms with Crippen LogP contribution in [0.15, 0.2) is 12.3 Å². The van der Waals surface area contributed by atoms with Gasteiger partial charge in [0.25, 0.3) is 0 Å². The minimum atomic E-state index is 0.786. The van der Waals surface area contributed by atoms with Crippen LogP contribution in [0.2, 0.25) is 0 Å². The van der Waals surface area contributed by atoms with Gasteiger partial charge in [-0.15, -0.1) is 11.3 Å². The number of aromatic nitrogens is 3. The summed E-state index contributed by atoms with van der Waals surface area (Å²) in [6.07, 6.45) is 5.60. The average Bonchev–Trinajstić information content (AvgIpc) is 2.89. The first kappa shape index (κ1) is 9.84. The monoisotopic (exact) mass is 234 g/mol. The Morgan fingerprint density at radius 1 is 1.50 bits per heavy atom. The summed E-state index contributed by atoms with van der Waals surface area (Å²) in [6.45, 7) is 0.786. The van der Waals surface area contributed by atoms with E-state index in [0.29, 0.717) is 0 Å². The van der Waals surface area contributed by atoms with Crippen LogP contribution in [0.1, 0.15) is 22.0 Å². The van der Waals surface area contributed by atoms with Crippen molar-refractivity contribution in [2.24, 2.45) is 7.05 Å². The standard InChI is InChI=1S/C11H14N4S/c1-15-6-5-10(14-15)12-7-11-13-8-3-2-4-9(8)16-11/h5-6H,2-4,7H2,1H3,(H,12,14). The minimum absolute atomic E-state index is 0.786. The molecule has 0 fully saturated rings. The number of aryl methyl sites for hydroxylation is 3. The van der Waals surface area contributed by atoms with Gasteiger partial charge in [-0.1, -0.05) is 0 Å². The van der Waals surface area contributed by atoms with Crippen molar-refractivity contribution in [3.63, 3.8) is 0 Å². The number of rotatable bonds is 3. The van der Waals surface area contributed by atoms with Gasteiger partial charge in [0.05, 0.1) is 12.2 Å². The van der Waals surface area contributed by atoms with Gasteiger partial charge in [-0.05, 0) is 19.3 Å². The van der Waals surface area contributed by atoms with Gasteiger partial charge in [0.1, 0.15) is 10.8 Å². The van der Waals surface area contributed by atoms with Crippen molar-refractivity contribution in [1.82, 2.24) is 14.8 Å². The van der Waals surface area contributed by atoms with Crippen molar-refractivity contribution in [2.75, 3.05) is 5.32 Å². The molecular weight excluding hydrogens is 220 g/mol. The van der Waals surface area contributed by atoms with Crippen LogP contribution in [0.25, 0.3) is 0 Å². The Kier molecular flexibility index (Phi) is 2.40. The predicted molar refractivity (Wildman–Crippen MR) is 64.7 cm³/mol. The Labute approximate surface area is 98.3 Å². The maximum Gasteiger partial charge on any atom is 0.148 e. The van der Waals surface area contributed by atoms with Gasteiger partial charge < -0.3 is 5.32 Å². The highest BCUT2D eigenvalue weighted by atomic mass is 32.1. The van der Waals surface area contributed by atoms with Crippen LogP contribution in [0.4, 0.5) is 5.82 Å². The van der Waals surface area contributed by atoms with E-state index in [1.807, 2.05) is 30.6 Å². The average molecular weight is 234 g/mol. The van der Waals surface area contributed by atoms with Crippen molar-refractivity contribution in [3.05, 3.63) is 27.8 Å². The molecule has 4 nitrogen and oxygen atoms in total. The summed E-state index contributed by atoms with van der Waals surface area (Å²) in [5.41, 5.74) is 1.32. The van der Waals surface area contributed by atoms with E-state index in [1.165, 1.54) is 28.4 Å². The van der Waals surface area contributed by atoms with Gasteiger partial charge in [-0.2, -0.15) is 5.10 Å². The van der Waals surface area contributed by atoms with Crippen LogP contribution in [-0.2, 0) is 26.4 Å². The van der Waals surface area contributed by atoms with Gasteiger partial charge in [-0.25, -0.2) is 4.98 Å². The molecule has 0 bridgehead atoms. The largest absolute Gasteiger partial charge is 0.362 e. The summed E-state index contributed by atoms with van der Waals surface area (Å²) in [6, 6.07) is 1.97. The second-order valence-corrected chi connectivity index (χ2v) is 5.23. The van der Waals surface area contributed by atoms with E-state index < -0.39 is 0 Å². The summed E-state index contributed by atoms with van der Waals surface area (Å²) in [7, 11) is 1.92. The molecular formula is C11H14N4S. The zero-order valence-corrected chi connectivity index (χ0v) is 10.0. The lowest BCUT2D eigenvalue weighted by Crippen LogP contribution is -2.00. The molecule has 3 rings (SSSR count). The predicted octanol–water partition coefficient (Wildman–Crippen LogP) is 1.98. The molecule has 5 heteroatoms. The smallest absolute Gasteiger partial charge is 0.148 e. The number of hydrogen-bond donors (Lipinski definition) is 1. The van der Waals surface area contributed by atoms with Crippen LogP contribution in [0.5, 0.6) is 0 Å². The Bertz CT molecular complexity index is 478. The normalized spacial score (nSPS) is 14.1. The molecule has 16 heavy (non-hydrogen) atoms. The summed E-state index contributed by atoms with van der Waals surface area (Å²) in [4.78, 5) is 6.12. The van der Waals surface area contributed by atoms with E-state index in [1.54, 1.807) is 4.68 Å². The highest BCUT2D eigenvalue weighted by molar-refractivity contribution is 7.11. The first-order chi connectivity index (χ1) is 7.81. The molecule has 2 aromatic heterocycles. The van der Waals surface area contributed by atoms with Gasteiger partial charge in [0.2, 0.25) is 0 Å². The molecule has 1 aliphatic carbocycles. The highest BCUT2D eigenvalue weighted by Gasteiger charge is 2.16. The fourth-order valence-corrected chi connectivity index (χ4v) is 3.09. The van der Waals surface area contributed by atoms with Crippen LogP contribution in [-0.4, -0.2) is 14.8 Å². The van der Waals surface area contributed by atoms with E-state index in [9.17, 15) is 0 Å². The number of fused-ring (bicyclic) bond motifs is 1. The third kappa shape index (κ3) is 1.82.